The molecule has 0 bridgehead atoms. The van der Waals surface area contributed by atoms with Crippen LogP contribution in [0.4, 0.5) is 10.6 Å². The molecule has 2 aromatic heterocycles. The molecule has 1 aliphatic heterocycles. The monoisotopic (exact) mass is 371 g/mol. The van der Waals surface area contributed by atoms with Crippen molar-refractivity contribution >= 4 is 17.8 Å². The van der Waals surface area contributed by atoms with Gasteiger partial charge >= 0.3 is 6.09 Å². The summed E-state index contributed by atoms with van der Waals surface area (Å²) >= 11 is 0. The number of hydrogen-bond acceptors (Lipinski definition) is 5. The zero-order valence-corrected chi connectivity index (χ0v) is 15.9. The molecular weight excluding hydrogens is 346 g/mol. The molecule has 144 valence electrons. The van der Waals surface area contributed by atoms with E-state index in [0.29, 0.717) is 38.2 Å². The summed E-state index contributed by atoms with van der Waals surface area (Å²) in [6.07, 6.45) is 4.72. The minimum absolute atomic E-state index is 0.0873. The number of ether oxygens (including phenoxy) is 1. The number of rotatable bonds is 4. The molecule has 0 spiro atoms. The van der Waals surface area contributed by atoms with Crippen molar-refractivity contribution < 1.29 is 14.3 Å². The van der Waals surface area contributed by atoms with Gasteiger partial charge in [-0.25, -0.2) is 4.79 Å². The SMILES string of the molecule is CC(C)(C)OC(=O)N1CCc2c(NC(=O)CCc3ccncc3)n[nH]c2C1. The molecule has 0 unspecified atom stereocenters. The lowest BCUT2D eigenvalue weighted by Gasteiger charge is -2.29. The highest BCUT2D eigenvalue weighted by Gasteiger charge is 2.28. The van der Waals surface area contributed by atoms with E-state index in [1.807, 2.05) is 32.9 Å². The third-order valence-corrected chi connectivity index (χ3v) is 4.23. The van der Waals surface area contributed by atoms with E-state index in [-0.39, 0.29) is 12.0 Å². The summed E-state index contributed by atoms with van der Waals surface area (Å²) in [6, 6.07) is 3.80. The second kappa shape index (κ2) is 7.77. The zero-order chi connectivity index (χ0) is 19.4. The Balaban J connectivity index is 1.56. The number of aromatic amines is 1. The molecule has 0 fully saturated rings. The van der Waals surface area contributed by atoms with Gasteiger partial charge in [0, 0.05) is 30.9 Å². The Labute approximate surface area is 158 Å². The standard InChI is InChI=1S/C19H25N5O3/c1-19(2,3)27-18(26)24-11-8-14-15(12-24)22-23-17(14)21-16(25)5-4-13-6-9-20-10-7-13/h6-7,9-10H,4-5,8,11-12H2,1-3H3,(H2,21,22,23,25). The van der Waals surface area contributed by atoms with Crippen molar-refractivity contribution in [2.24, 2.45) is 0 Å². The first-order valence-electron chi connectivity index (χ1n) is 9.04. The summed E-state index contributed by atoms with van der Waals surface area (Å²) in [5.74, 6) is 0.462. The van der Waals surface area contributed by atoms with Crippen LogP contribution in [0.2, 0.25) is 0 Å². The number of nitrogens with zero attached hydrogens (tertiary/aromatic N) is 3. The molecule has 3 rings (SSSR count). The number of carbonyl (C=O) groups is 2. The number of anilines is 1. The topological polar surface area (TPSA) is 100 Å². The molecule has 0 atom stereocenters. The first-order valence-corrected chi connectivity index (χ1v) is 9.04. The Morgan fingerprint density at radius 1 is 1.30 bits per heavy atom. The first-order chi connectivity index (χ1) is 12.8. The normalized spacial score (nSPS) is 13.8. The average Bonchev–Trinajstić information content (AvgIpc) is 3.01. The van der Waals surface area contributed by atoms with Crippen LogP contribution in [0, 0.1) is 0 Å². The van der Waals surface area contributed by atoms with Crippen molar-refractivity contribution in [3.8, 4) is 0 Å². The van der Waals surface area contributed by atoms with Gasteiger partial charge in [0.2, 0.25) is 5.91 Å². The Morgan fingerprint density at radius 3 is 2.74 bits per heavy atom. The van der Waals surface area contributed by atoms with Crippen LogP contribution in [0.1, 0.15) is 44.0 Å². The lowest BCUT2D eigenvalue weighted by Crippen LogP contribution is -2.39. The lowest BCUT2D eigenvalue weighted by atomic mass is 10.1. The number of fused-ring (bicyclic) bond motifs is 1. The van der Waals surface area contributed by atoms with Gasteiger partial charge in [-0.2, -0.15) is 5.10 Å². The number of nitrogens with one attached hydrogen (secondary N) is 2. The molecule has 0 radical (unpaired) electrons. The van der Waals surface area contributed by atoms with Crippen LogP contribution >= 0.6 is 0 Å². The quantitative estimate of drug-likeness (QED) is 0.861. The molecule has 3 heterocycles. The molecule has 2 amide bonds. The molecule has 1 aliphatic rings. The maximum atomic E-state index is 12.2. The highest BCUT2D eigenvalue weighted by atomic mass is 16.6. The highest BCUT2D eigenvalue weighted by Crippen LogP contribution is 2.25. The summed E-state index contributed by atoms with van der Waals surface area (Å²) in [7, 11) is 0. The van der Waals surface area contributed by atoms with Gasteiger partial charge in [0.1, 0.15) is 5.60 Å². The number of hydrogen-bond donors (Lipinski definition) is 2. The van der Waals surface area contributed by atoms with E-state index in [1.165, 1.54) is 0 Å². The smallest absolute Gasteiger partial charge is 0.410 e. The molecule has 2 N–H and O–H groups in total. The van der Waals surface area contributed by atoms with Crippen molar-refractivity contribution in [1.29, 1.82) is 0 Å². The number of amides is 2. The molecule has 2 aromatic rings. The minimum Gasteiger partial charge on any atom is -0.444 e. The van der Waals surface area contributed by atoms with Crippen molar-refractivity contribution in [2.75, 3.05) is 11.9 Å². The second-order valence-electron chi connectivity index (χ2n) is 7.58. The molecule has 0 aliphatic carbocycles. The van der Waals surface area contributed by atoms with Crippen LogP contribution in [-0.4, -0.2) is 44.2 Å². The number of carbonyl (C=O) groups excluding carboxylic acids is 2. The van der Waals surface area contributed by atoms with Crippen LogP contribution in [0.5, 0.6) is 0 Å². The van der Waals surface area contributed by atoms with E-state index in [2.05, 4.69) is 20.5 Å². The van der Waals surface area contributed by atoms with Crippen LogP contribution in [-0.2, 0) is 28.9 Å². The average molecular weight is 371 g/mol. The molecule has 0 saturated heterocycles. The first kappa shape index (κ1) is 18.9. The van der Waals surface area contributed by atoms with E-state index >= 15 is 0 Å². The molecule has 8 nitrogen and oxygen atoms in total. The van der Waals surface area contributed by atoms with Gasteiger partial charge in [-0.3, -0.25) is 14.9 Å². The highest BCUT2D eigenvalue weighted by molar-refractivity contribution is 5.90. The number of pyridine rings is 1. The lowest BCUT2D eigenvalue weighted by molar-refractivity contribution is -0.116. The van der Waals surface area contributed by atoms with E-state index in [9.17, 15) is 9.59 Å². The van der Waals surface area contributed by atoms with E-state index in [4.69, 9.17) is 4.74 Å². The van der Waals surface area contributed by atoms with Crippen LogP contribution in [0.25, 0.3) is 0 Å². The fourth-order valence-corrected chi connectivity index (χ4v) is 2.91. The Morgan fingerprint density at radius 2 is 2.04 bits per heavy atom. The van der Waals surface area contributed by atoms with Crippen molar-refractivity contribution in [2.45, 2.75) is 52.2 Å². The van der Waals surface area contributed by atoms with Crippen LogP contribution in [0.15, 0.2) is 24.5 Å². The Hall–Kier alpha value is -2.90. The van der Waals surface area contributed by atoms with E-state index in [0.717, 1.165) is 16.8 Å². The summed E-state index contributed by atoms with van der Waals surface area (Å²) in [4.78, 5) is 30.1. The van der Waals surface area contributed by atoms with Gasteiger partial charge in [-0.1, -0.05) is 0 Å². The maximum Gasteiger partial charge on any atom is 0.410 e. The van der Waals surface area contributed by atoms with Crippen LogP contribution in [0.3, 0.4) is 0 Å². The van der Waals surface area contributed by atoms with Crippen LogP contribution < -0.4 is 5.32 Å². The summed E-state index contributed by atoms with van der Waals surface area (Å²) in [5, 5.41) is 10.0. The van der Waals surface area contributed by atoms with Gasteiger partial charge in [0.15, 0.2) is 5.82 Å². The number of aromatic nitrogens is 3. The zero-order valence-electron chi connectivity index (χ0n) is 15.9. The molecular formula is C19H25N5O3. The summed E-state index contributed by atoms with van der Waals surface area (Å²) in [6.45, 7) is 6.45. The maximum absolute atomic E-state index is 12.2. The third-order valence-electron chi connectivity index (χ3n) is 4.23. The fourth-order valence-electron chi connectivity index (χ4n) is 2.91. The van der Waals surface area contributed by atoms with Crippen molar-refractivity contribution in [1.82, 2.24) is 20.1 Å². The second-order valence-corrected chi connectivity index (χ2v) is 7.58. The van der Waals surface area contributed by atoms with Crippen molar-refractivity contribution in [3.63, 3.8) is 0 Å². The largest absolute Gasteiger partial charge is 0.444 e. The Bertz CT molecular complexity index is 810. The predicted octanol–water partition coefficient (Wildman–Crippen LogP) is 2.67. The minimum atomic E-state index is -0.528. The van der Waals surface area contributed by atoms with E-state index < -0.39 is 5.60 Å². The molecule has 27 heavy (non-hydrogen) atoms. The Kier molecular flexibility index (Phi) is 5.43. The molecule has 0 saturated carbocycles. The van der Waals surface area contributed by atoms with Gasteiger partial charge in [-0.05, 0) is 51.3 Å². The summed E-state index contributed by atoms with van der Waals surface area (Å²) < 4.78 is 5.42. The van der Waals surface area contributed by atoms with Gasteiger partial charge in [-0.15, -0.1) is 0 Å². The summed E-state index contributed by atoms with van der Waals surface area (Å²) in [5.41, 5.74) is 2.32. The number of aryl methyl sites for hydroxylation is 1. The van der Waals surface area contributed by atoms with Gasteiger partial charge in [0.05, 0.1) is 12.2 Å². The fraction of sp³-hybridized carbons (Fsp3) is 0.474. The van der Waals surface area contributed by atoms with Crippen molar-refractivity contribution in [3.05, 3.63) is 41.3 Å². The van der Waals surface area contributed by atoms with E-state index in [1.54, 1.807) is 17.3 Å². The number of H-pyrrole nitrogens is 1. The predicted molar refractivity (Wildman–Crippen MR) is 100 cm³/mol. The van der Waals surface area contributed by atoms with Gasteiger partial charge < -0.3 is 15.0 Å². The third kappa shape index (κ3) is 5.06. The van der Waals surface area contributed by atoms with Gasteiger partial charge in [0.25, 0.3) is 0 Å². The molecule has 0 aromatic carbocycles. The molecule has 8 heteroatoms.